The lowest BCUT2D eigenvalue weighted by Gasteiger charge is -2.37. The molecule has 1 aromatic carbocycles. The Bertz CT molecular complexity index is 548. The first-order chi connectivity index (χ1) is 11.5. The van der Waals surface area contributed by atoms with Crippen LogP contribution in [0.4, 0.5) is 0 Å². The molecule has 1 aromatic rings. The van der Waals surface area contributed by atoms with Gasteiger partial charge in [-0.25, -0.2) is 0 Å². The summed E-state index contributed by atoms with van der Waals surface area (Å²) in [4.78, 5) is 19.7. The van der Waals surface area contributed by atoms with E-state index in [1.54, 1.807) is 12.1 Å². The molecular formula is C19H29N3O2. The molecule has 0 aromatic heterocycles. The number of hydrogen-bond acceptors (Lipinski definition) is 4. The van der Waals surface area contributed by atoms with Crippen molar-refractivity contribution in [1.82, 2.24) is 14.7 Å². The molecule has 0 radical (unpaired) electrons. The van der Waals surface area contributed by atoms with Crippen LogP contribution < -0.4 is 0 Å². The van der Waals surface area contributed by atoms with Crippen LogP contribution in [0.1, 0.15) is 25.3 Å². The van der Waals surface area contributed by atoms with Gasteiger partial charge >= 0.3 is 0 Å². The molecular weight excluding hydrogens is 302 g/mol. The van der Waals surface area contributed by atoms with Crippen LogP contribution in [0, 0.1) is 5.92 Å². The molecule has 24 heavy (non-hydrogen) atoms. The zero-order valence-electron chi connectivity index (χ0n) is 14.8. The van der Waals surface area contributed by atoms with E-state index in [1.807, 2.05) is 24.0 Å². The van der Waals surface area contributed by atoms with Gasteiger partial charge < -0.3 is 14.9 Å². The van der Waals surface area contributed by atoms with Crippen LogP contribution in [-0.4, -0.2) is 71.5 Å². The van der Waals surface area contributed by atoms with Gasteiger partial charge in [-0.05, 0) is 50.4 Å². The fraction of sp³-hybridized carbons (Fsp3) is 0.632. The average molecular weight is 331 g/mol. The van der Waals surface area contributed by atoms with Gasteiger partial charge in [-0.3, -0.25) is 9.69 Å². The molecule has 0 spiro atoms. The molecule has 5 heteroatoms. The van der Waals surface area contributed by atoms with Gasteiger partial charge in [-0.15, -0.1) is 0 Å². The van der Waals surface area contributed by atoms with E-state index in [4.69, 9.17) is 0 Å². The number of aromatic hydroxyl groups is 1. The number of piperazine rings is 1. The van der Waals surface area contributed by atoms with Crippen molar-refractivity contribution in [2.24, 2.45) is 5.92 Å². The molecule has 1 heterocycles. The monoisotopic (exact) mass is 331 g/mol. The summed E-state index contributed by atoms with van der Waals surface area (Å²) in [7, 11) is 2.13. The lowest BCUT2D eigenvalue weighted by molar-refractivity contribution is -0.138. The molecule has 1 N–H and O–H groups in total. The largest absolute Gasteiger partial charge is 0.508 e. The summed E-state index contributed by atoms with van der Waals surface area (Å²) < 4.78 is 0. The quantitative estimate of drug-likeness (QED) is 0.863. The van der Waals surface area contributed by atoms with E-state index in [0.29, 0.717) is 12.5 Å². The highest BCUT2D eigenvalue weighted by molar-refractivity contribution is 5.81. The highest BCUT2D eigenvalue weighted by Crippen LogP contribution is 2.30. The minimum atomic E-state index is -0.0606. The fourth-order valence-corrected chi connectivity index (χ4v) is 3.30. The summed E-state index contributed by atoms with van der Waals surface area (Å²) >= 11 is 0. The summed E-state index contributed by atoms with van der Waals surface area (Å²) in [5, 5.41) is 9.44. The number of amides is 1. The minimum absolute atomic E-state index is 0.0606. The molecule has 132 valence electrons. The number of likely N-dealkylation sites (N-methyl/N-ethyl adjacent to an activating group) is 1. The lowest BCUT2D eigenvalue weighted by atomic mass is 10.1. The van der Waals surface area contributed by atoms with Gasteiger partial charge in [0.05, 0.1) is 6.04 Å². The molecule has 1 aliphatic heterocycles. The number of phenols is 1. The molecule has 1 atom stereocenters. The normalized spacial score (nSPS) is 20.8. The molecule has 1 aliphatic carbocycles. The van der Waals surface area contributed by atoms with Gasteiger partial charge in [0.1, 0.15) is 5.75 Å². The zero-order chi connectivity index (χ0) is 17.1. The van der Waals surface area contributed by atoms with E-state index in [0.717, 1.165) is 38.3 Å². The van der Waals surface area contributed by atoms with Crippen molar-refractivity contribution in [1.29, 1.82) is 0 Å². The maximum atomic E-state index is 13.1. The van der Waals surface area contributed by atoms with E-state index in [9.17, 15) is 9.90 Å². The summed E-state index contributed by atoms with van der Waals surface area (Å²) in [6.45, 7) is 7.51. The maximum Gasteiger partial charge on any atom is 0.239 e. The predicted molar refractivity (Wildman–Crippen MR) is 94.8 cm³/mol. The minimum Gasteiger partial charge on any atom is -0.508 e. The van der Waals surface area contributed by atoms with Crippen LogP contribution in [0.2, 0.25) is 0 Å². The number of hydrogen-bond donors (Lipinski definition) is 1. The van der Waals surface area contributed by atoms with Crippen molar-refractivity contribution in [3.05, 3.63) is 29.8 Å². The highest BCUT2D eigenvalue weighted by Gasteiger charge is 2.32. The van der Waals surface area contributed by atoms with Gasteiger partial charge in [-0.1, -0.05) is 12.1 Å². The Morgan fingerprint density at radius 2 is 1.83 bits per heavy atom. The summed E-state index contributed by atoms with van der Waals surface area (Å²) in [6, 6.07) is 7.14. The third kappa shape index (κ3) is 4.48. The maximum absolute atomic E-state index is 13.1. The first kappa shape index (κ1) is 17.2. The van der Waals surface area contributed by atoms with Crippen molar-refractivity contribution < 1.29 is 9.90 Å². The Morgan fingerprint density at radius 1 is 1.21 bits per heavy atom. The highest BCUT2D eigenvalue weighted by atomic mass is 16.3. The second kappa shape index (κ2) is 7.53. The van der Waals surface area contributed by atoms with Crippen LogP contribution in [0.25, 0.3) is 0 Å². The Labute approximate surface area is 144 Å². The van der Waals surface area contributed by atoms with Gasteiger partial charge in [-0.2, -0.15) is 0 Å². The Hall–Kier alpha value is -1.59. The van der Waals surface area contributed by atoms with Crippen LogP contribution in [0.15, 0.2) is 24.3 Å². The summed E-state index contributed by atoms with van der Waals surface area (Å²) in [5.74, 6) is 1.18. The first-order valence-corrected chi connectivity index (χ1v) is 9.02. The molecule has 3 rings (SSSR count). The van der Waals surface area contributed by atoms with Crippen molar-refractivity contribution in [3.8, 4) is 5.75 Å². The molecule has 1 amide bonds. The Balaban J connectivity index is 1.65. The van der Waals surface area contributed by atoms with Gasteiger partial charge in [0.15, 0.2) is 0 Å². The molecule has 2 aliphatic rings. The summed E-state index contributed by atoms with van der Waals surface area (Å²) in [5.41, 5.74) is 1.08. The van der Waals surface area contributed by atoms with Crippen LogP contribution in [-0.2, 0) is 11.3 Å². The van der Waals surface area contributed by atoms with Gasteiger partial charge in [0.2, 0.25) is 5.91 Å². The van der Waals surface area contributed by atoms with Crippen molar-refractivity contribution in [2.75, 3.05) is 39.8 Å². The number of rotatable bonds is 6. The van der Waals surface area contributed by atoms with Crippen LogP contribution >= 0.6 is 0 Å². The molecule has 1 saturated carbocycles. The molecule has 1 saturated heterocycles. The topological polar surface area (TPSA) is 47.0 Å². The fourth-order valence-electron chi connectivity index (χ4n) is 3.30. The van der Waals surface area contributed by atoms with E-state index >= 15 is 0 Å². The van der Waals surface area contributed by atoms with E-state index in [2.05, 4.69) is 16.8 Å². The standard InChI is InChI=1S/C19H29N3O2/c1-15(21-11-9-20(2)10-12-21)19(24)22(13-16-3-4-16)14-17-5-7-18(23)8-6-17/h5-8,15-16,23H,3-4,9-14H2,1-2H3/t15-/m0/s1. The van der Waals surface area contributed by atoms with Crippen molar-refractivity contribution >= 4 is 5.91 Å². The molecule has 0 unspecified atom stereocenters. The van der Waals surface area contributed by atoms with Gasteiger partial charge in [0, 0.05) is 39.3 Å². The van der Waals surface area contributed by atoms with Crippen molar-refractivity contribution in [2.45, 2.75) is 32.4 Å². The molecule has 2 fully saturated rings. The van der Waals surface area contributed by atoms with Crippen LogP contribution in [0.5, 0.6) is 5.75 Å². The Kier molecular flexibility index (Phi) is 5.41. The smallest absolute Gasteiger partial charge is 0.239 e. The third-order valence-corrected chi connectivity index (χ3v) is 5.24. The predicted octanol–water partition coefficient (Wildman–Crippen LogP) is 1.77. The molecule has 0 bridgehead atoms. The SMILES string of the molecule is C[C@@H](C(=O)N(Cc1ccc(O)cc1)CC1CC1)N1CCN(C)CC1. The van der Waals surface area contributed by atoms with E-state index in [1.165, 1.54) is 12.8 Å². The number of benzene rings is 1. The third-order valence-electron chi connectivity index (χ3n) is 5.24. The van der Waals surface area contributed by atoms with E-state index < -0.39 is 0 Å². The molecule has 5 nitrogen and oxygen atoms in total. The second-order valence-electron chi connectivity index (χ2n) is 7.34. The average Bonchev–Trinajstić information content (AvgIpc) is 3.40. The Morgan fingerprint density at radius 3 is 2.42 bits per heavy atom. The first-order valence-electron chi connectivity index (χ1n) is 9.02. The number of nitrogens with zero attached hydrogens (tertiary/aromatic N) is 3. The van der Waals surface area contributed by atoms with Crippen molar-refractivity contribution in [3.63, 3.8) is 0 Å². The van der Waals surface area contributed by atoms with E-state index in [-0.39, 0.29) is 17.7 Å². The zero-order valence-corrected chi connectivity index (χ0v) is 14.8. The second-order valence-corrected chi connectivity index (χ2v) is 7.34. The van der Waals surface area contributed by atoms with Crippen LogP contribution in [0.3, 0.4) is 0 Å². The number of phenolic OH excluding ortho intramolecular Hbond substituents is 1. The number of carbonyl (C=O) groups excluding carboxylic acids is 1. The lowest BCUT2D eigenvalue weighted by Crippen LogP contribution is -2.53. The van der Waals surface area contributed by atoms with Gasteiger partial charge in [0.25, 0.3) is 0 Å². The number of carbonyl (C=O) groups is 1. The summed E-state index contributed by atoms with van der Waals surface area (Å²) in [6.07, 6.45) is 2.48.